The van der Waals surface area contributed by atoms with E-state index >= 15 is 0 Å². The highest BCUT2D eigenvalue weighted by Crippen LogP contribution is 2.34. The van der Waals surface area contributed by atoms with Gasteiger partial charge in [0.1, 0.15) is 11.3 Å². The Morgan fingerprint density at radius 3 is 2.94 bits per heavy atom. The summed E-state index contributed by atoms with van der Waals surface area (Å²) in [6.45, 7) is 1.92. The van der Waals surface area contributed by atoms with Gasteiger partial charge in [0.2, 0.25) is 0 Å². The quantitative estimate of drug-likeness (QED) is 0.856. The molecule has 0 bridgehead atoms. The van der Waals surface area contributed by atoms with Gasteiger partial charge in [0.25, 0.3) is 0 Å². The molecule has 0 atom stereocenters. The number of hydrogen-bond acceptors (Lipinski definition) is 4. The number of esters is 1. The largest absolute Gasteiger partial charge is 0.506 e. The molecule has 0 saturated heterocycles. The number of rotatable bonds is 2. The minimum Gasteiger partial charge on any atom is -0.506 e. The number of aromatic nitrogens is 1. The van der Waals surface area contributed by atoms with E-state index in [1.165, 1.54) is 6.20 Å². The van der Waals surface area contributed by atoms with E-state index in [4.69, 9.17) is 16.3 Å². The predicted octanol–water partition coefficient (Wildman–Crippen LogP) is 3.53. The molecule has 0 saturated carbocycles. The van der Waals surface area contributed by atoms with E-state index < -0.39 is 5.97 Å². The van der Waals surface area contributed by atoms with Crippen LogP contribution in [0.1, 0.15) is 17.3 Å². The Morgan fingerprint density at radius 2 is 2.28 bits per heavy atom. The van der Waals surface area contributed by atoms with Crippen molar-refractivity contribution in [2.75, 3.05) is 6.61 Å². The number of halogens is 2. The normalized spacial score (nSPS) is 10.6. The van der Waals surface area contributed by atoms with E-state index in [0.29, 0.717) is 20.4 Å². The van der Waals surface area contributed by atoms with Crippen molar-refractivity contribution in [3.63, 3.8) is 0 Å². The van der Waals surface area contributed by atoms with Crippen LogP contribution in [-0.4, -0.2) is 22.7 Å². The summed E-state index contributed by atoms with van der Waals surface area (Å²) in [4.78, 5) is 15.7. The second-order valence-electron chi connectivity index (χ2n) is 3.52. The number of aromatic hydroxyl groups is 1. The fraction of sp³-hybridized carbons (Fsp3) is 0.167. The molecule has 0 amide bonds. The van der Waals surface area contributed by atoms with E-state index in [2.05, 4.69) is 20.9 Å². The summed E-state index contributed by atoms with van der Waals surface area (Å²) in [6, 6.07) is 3.31. The van der Waals surface area contributed by atoms with Crippen molar-refractivity contribution in [1.29, 1.82) is 0 Å². The first-order valence-electron chi connectivity index (χ1n) is 5.18. The van der Waals surface area contributed by atoms with Crippen LogP contribution < -0.4 is 0 Å². The third-order valence-corrected chi connectivity index (χ3v) is 3.10. The number of carbonyl (C=O) groups excluding carboxylic acids is 1. The van der Waals surface area contributed by atoms with Crippen LogP contribution in [0.3, 0.4) is 0 Å². The number of ether oxygens (including phenoxy) is 1. The zero-order valence-electron chi connectivity index (χ0n) is 9.41. The van der Waals surface area contributed by atoms with Gasteiger partial charge in [-0.1, -0.05) is 27.5 Å². The third-order valence-electron chi connectivity index (χ3n) is 2.36. The monoisotopic (exact) mass is 329 g/mol. The molecule has 1 aromatic carbocycles. The summed E-state index contributed by atoms with van der Waals surface area (Å²) in [7, 11) is 0. The van der Waals surface area contributed by atoms with Crippen LogP contribution in [0.2, 0.25) is 5.02 Å². The maximum absolute atomic E-state index is 11.6. The second kappa shape index (κ2) is 5.12. The minimum atomic E-state index is -0.611. The van der Waals surface area contributed by atoms with Crippen molar-refractivity contribution >= 4 is 44.4 Å². The van der Waals surface area contributed by atoms with Gasteiger partial charge in [-0.3, -0.25) is 4.98 Å². The van der Waals surface area contributed by atoms with Crippen molar-refractivity contribution < 1.29 is 14.6 Å². The Labute approximate surface area is 117 Å². The van der Waals surface area contributed by atoms with Gasteiger partial charge in [-0.2, -0.15) is 0 Å². The molecule has 94 valence electrons. The van der Waals surface area contributed by atoms with Crippen LogP contribution in [0, 0.1) is 0 Å². The maximum Gasteiger partial charge on any atom is 0.343 e. The van der Waals surface area contributed by atoms with E-state index in [1.54, 1.807) is 19.1 Å². The Hall–Kier alpha value is -1.33. The molecule has 1 aromatic heterocycles. The van der Waals surface area contributed by atoms with Gasteiger partial charge in [0, 0.05) is 16.1 Å². The second-order valence-corrected chi connectivity index (χ2v) is 4.85. The van der Waals surface area contributed by atoms with Gasteiger partial charge in [0.15, 0.2) is 0 Å². The summed E-state index contributed by atoms with van der Waals surface area (Å²) in [5, 5.41) is 10.9. The van der Waals surface area contributed by atoms with Crippen LogP contribution in [0.4, 0.5) is 0 Å². The van der Waals surface area contributed by atoms with Crippen molar-refractivity contribution in [1.82, 2.24) is 4.98 Å². The summed E-state index contributed by atoms with van der Waals surface area (Å²) in [6.07, 6.45) is 1.26. The Morgan fingerprint density at radius 1 is 1.56 bits per heavy atom. The smallest absolute Gasteiger partial charge is 0.343 e. The fourth-order valence-corrected chi connectivity index (χ4v) is 2.43. The molecule has 0 aliphatic heterocycles. The van der Waals surface area contributed by atoms with Crippen LogP contribution in [0.25, 0.3) is 10.9 Å². The molecular formula is C12H9BrClNO3. The lowest BCUT2D eigenvalue weighted by Crippen LogP contribution is -2.05. The SMILES string of the molecule is CCOC(=O)c1cnc2c(Cl)cc(Br)cc2c1O. The van der Waals surface area contributed by atoms with E-state index in [9.17, 15) is 9.90 Å². The molecule has 0 radical (unpaired) electrons. The van der Waals surface area contributed by atoms with Crippen molar-refractivity contribution in [3.8, 4) is 5.75 Å². The molecule has 1 heterocycles. The molecule has 0 aliphatic rings. The van der Waals surface area contributed by atoms with Gasteiger partial charge in [-0.25, -0.2) is 4.79 Å². The number of hydrogen-bond donors (Lipinski definition) is 1. The van der Waals surface area contributed by atoms with Crippen LogP contribution in [0.5, 0.6) is 5.75 Å². The molecule has 0 aliphatic carbocycles. The molecule has 2 rings (SSSR count). The van der Waals surface area contributed by atoms with E-state index in [1.807, 2.05) is 0 Å². The molecule has 6 heteroatoms. The average Bonchev–Trinajstić information content (AvgIpc) is 2.30. The third kappa shape index (κ3) is 2.28. The molecule has 0 spiro atoms. The van der Waals surface area contributed by atoms with Gasteiger partial charge in [-0.05, 0) is 19.1 Å². The number of pyridine rings is 1. The Bertz CT molecular complexity index is 630. The lowest BCUT2D eigenvalue weighted by molar-refractivity contribution is 0.0523. The van der Waals surface area contributed by atoms with Crippen molar-refractivity contribution in [3.05, 3.63) is 33.4 Å². The van der Waals surface area contributed by atoms with E-state index in [-0.39, 0.29) is 17.9 Å². The molecule has 18 heavy (non-hydrogen) atoms. The average molecular weight is 331 g/mol. The number of fused-ring (bicyclic) bond motifs is 1. The molecule has 4 nitrogen and oxygen atoms in total. The molecule has 0 fully saturated rings. The van der Waals surface area contributed by atoms with Crippen LogP contribution in [-0.2, 0) is 4.74 Å². The summed E-state index contributed by atoms with van der Waals surface area (Å²) in [5.41, 5.74) is 0.462. The molecular weight excluding hydrogens is 321 g/mol. The lowest BCUT2D eigenvalue weighted by atomic mass is 10.1. The van der Waals surface area contributed by atoms with Gasteiger partial charge < -0.3 is 9.84 Å². The number of carbonyl (C=O) groups is 1. The Balaban J connectivity index is 2.67. The molecule has 0 unspecified atom stereocenters. The van der Waals surface area contributed by atoms with Crippen molar-refractivity contribution in [2.24, 2.45) is 0 Å². The van der Waals surface area contributed by atoms with Crippen molar-refractivity contribution in [2.45, 2.75) is 6.92 Å². The number of benzene rings is 1. The van der Waals surface area contributed by atoms with Gasteiger partial charge in [0.05, 0.1) is 17.1 Å². The van der Waals surface area contributed by atoms with Gasteiger partial charge >= 0.3 is 5.97 Å². The highest BCUT2D eigenvalue weighted by molar-refractivity contribution is 9.10. The molecule has 1 N–H and O–H groups in total. The number of nitrogens with zero attached hydrogens (tertiary/aromatic N) is 1. The van der Waals surface area contributed by atoms with Crippen LogP contribution in [0.15, 0.2) is 22.8 Å². The predicted molar refractivity (Wildman–Crippen MR) is 72.1 cm³/mol. The first-order valence-corrected chi connectivity index (χ1v) is 6.35. The summed E-state index contributed by atoms with van der Waals surface area (Å²) < 4.78 is 5.53. The maximum atomic E-state index is 11.6. The first kappa shape index (κ1) is 13.1. The zero-order chi connectivity index (χ0) is 13.3. The topological polar surface area (TPSA) is 59.4 Å². The van der Waals surface area contributed by atoms with Crippen LogP contribution >= 0.6 is 27.5 Å². The van der Waals surface area contributed by atoms with Gasteiger partial charge in [-0.15, -0.1) is 0 Å². The minimum absolute atomic E-state index is 0.0264. The lowest BCUT2D eigenvalue weighted by Gasteiger charge is -2.08. The van der Waals surface area contributed by atoms with E-state index in [0.717, 1.165) is 0 Å². The molecule has 2 aromatic rings. The fourth-order valence-electron chi connectivity index (χ4n) is 1.57. The highest BCUT2D eigenvalue weighted by atomic mass is 79.9. The summed E-state index contributed by atoms with van der Waals surface area (Å²) in [5.74, 6) is -0.790. The zero-order valence-corrected chi connectivity index (χ0v) is 11.7. The standard InChI is InChI=1S/C12H9BrClNO3/c1-2-18-12(17)8-5-15-10-7(11(8)16)3-6(13)4-9(10)14/h3-5H,2H2,1H3,(H,15,16). The Kier molecular flexibility index (Phi) is 3.73. The first-order chi connectivity index (χ1) is 8.54. The highest BCUT2D eigenvalue weighted by Gasteiger charge is 2.17. The summed E-state index contributed by atoms with van der Waals surface area (Å²) >= 11 is 9.28.